The van der Waals surface area contributed by atoms with Crippen molar-refractivity contribution in [1.82, 2.24) is 0 Å². The Kier molecular flexibility index (Phi) is 2.52. The molecule has 0 spiro atoms. The largest absolute Gasteiger partial charge is 0.397 e. The van der Waals surface area contributed by atoms with Crippen LogP contribution < -0.4 is 11.5 Å². The normalized spacial score (nSPS) is 10.7. The zero-order valence-corrected chi connectivity index (χ0v) is 7.61. The average molecular weight is 237 g/mol. The first-order chi connectivity index (χ1) is 5.52. The van der Waals surface area contributed by atoms with Gasteiger partial charge in [-0.3, -0.25) is 0 Å². The van der Waals surface area contributed by atoms with Gasteiger partial charge in [0, 0.05) is 10.0 Å². The van der Waals surface area contributed by atoms with Crippen molar-refractivity contribution >= 4 is 27.3 Å². The maximum absolute atomic E-state index is 12.1. The molecule has 0 fully saturated rings. The number of benzene rings is 1. The third kappa shape index (κ3) is 1.66. The number of nitrogen functional groups attached to an aromatic ring is 2. The van der Waals surface area contributed by atoms with Gasteiger partial charge >= 0.3 is 0 Å². The fourth-order valence-electron chi connectivity index (χ4n) is 0.787. The van der Waals surface area contributed by atoms with Gasteiger partial charge in [-0.2, -0.15) is 0 Å². The van der Waals surface area contributed by atoms with Crippen LogP contribution in [0.5, 0.6) is 0 Å². The van der Waals surface area contributed by atoms with Gasteiger partial charge in [-0.05, 0) is 28.1 Å². The first-order valence-electron chi connectivity index (χ1n) is 3.15. The Hall–Kier alpha value is -0.840. The van der Waals surface area contributed by atoms with Crippen LogP contribution in [0.25, 0.3) is 0 Å². The van der Waals surface area contributed by atoms with Crippen molar-refractivity contribution in [3.05, 3.63) is 22.2 Å². The molecule has 1 aromatic carbocycles. The standard InChI is InChI=1S/C7H7BrF2N2/c8-4-1-3(7(9)10)2-5(11)6(4)12/h1-2,7H,11-12H2. The fourth-order valence-corrected chi connectivity index (χ4v) is 1.28. The number of nitrogens with two attached hydrogens (primary N) is 2. The highest BCUT2D eigenvalue weighted by Gasteiger charge is 2.10. The van der Waals surface area contributed by atoms with Gasteiger partial charge in [-0.1, -0.05) is 0 Å². The van der Waals surface area contributed by atoms with Crippen molar-refractivity contribution in [2.45, 2.75) is 6.43 Å². The molecule has 0 aliphatic heterocycles. The minimum Gasteiger partial charge on any atom is -0.397 e. The van der Waals surface area contributed by atoms with Gasteiger partial charge < -0.3 is 11.5 Å². The first-order valence-corrected chi connectivity index (χ1v) is 3.94. The minimum atomic E-state index is -2.52. The molecular formula is C7H7BrF2N2. The summed E-state index contributed by atoms with van der Waals surface area (Å²) in [7, 11) is 0. The molecule has 0 atom stereocenters. The third-order valence-corrected chi connectivity index (χ3v) is 2.09. The van der Waals surface area contributed by atoms with E-state index in [1.54, 1.807) is 0 Å². The van der Waals surface area contributed by atoms with Crippen LogP contribution in [0.1, 0.15) is 12.0 Å². The molecule has 0 amide bonds. The Balaban J connectivity index is 3.21. The van der Waals surface area contributed by atoms with Crippen LogP contribution in [0.15, 0.2) is 16.6 Å². The SMILES string of the molecule is Nc1cc(C(F)F)cc(Br)c1N. The number of halogens is 3. The summed E-state index contributed by atoms with van der Waals surface area (Å²) in [5.74, 6) is 0. The van der Waals surface area contributed by atoms with Gasteiger partial charge in [0.1, 0.15) is 0 Å². The summed E-state index contributed by atoms with van der Waals surface area (Å²) < 4.78 is 24.7. The second-order valence-corrected chi connectivity index (χ2v) is 3.16. The van der Waals surface area contributed by atoms with E-state index in [1.165, 1.54) is 12.1 Å². The van der Waals surface area contributed by atoms with E-state index in [0.717, 1.165) is 0 Å². The molecule has 0 bridgehead atoms. The van der Waals surface area contributed by atoms with Crippen LogP contribution in [0.3, 0.4) is 0 Å². The molecule has 0 unspecified atom stereocenters. The van der Waals surface area contributed by atoms with Crippen LogP contribution in [0.2, 0.25) is 0 Å². The molecule has 5 heteroatoms. The van der Waals surface area contributed by atoms with Crippen LogP contribution in [-0.2, 0) is 0 Å². The van der Waals surface area contributed by atoms with E-state index in [1.807, 2.05) is 0 Å². The number of hydrogen-bond acceptors (Lipinski definition) is 2. The summed E-state index contributed by atoms with van der Waals surface area (Å²) in [5, 5.41) is 0. The Labute approximate surface area is 76.7 Å². The number of alkyl halides is 2. The molecular weight excluding hydrogens is 230 g/mol. The minimum absolute atomic E-state index is 0.131. The highest BCUT2D eigenvalue weighted by atomic mass is 79.9. The van der Waals surface area contributed by atoms with Gasteiger partial charge in [-0.25, -0.2) is 8.78 Å². The number of anilines is 2. The van der Waals surface area contributed by atoms with Gasteiger partial charge in [0.25, 0.3) is 6.43 Å². The van der Waals surface area contributed by atoms with Crippen LogP contribution in [0, 0.1) is 0 Å². The van der Waals surface area contributed by atoms with Crippen molar-refractivity contribution in [3.63, 3.8) is 0 Å². The molecule has 1 aromatic rings. The van der Waals surface area contributed by atoms with E-state index in [2.05, 4.69) is 15.9 Å². The molecule has 0 aliphatic carbocycles. The molecule has 0 radical (unpaired) electrons. The second-order valence-electron chi connectivity index (χ2n) is 2.31. The average Bonchev–Trinajstić information content (AvgIpc) is 1.99. The van der Waals surface area contributed by atoms with Gasteiger partial charge in [0.2, 0.25) is 0 Å². The van der Waals surface area contributed by atoms with E-state index < -0.39 is 6.43 Å². The second kappa shape index (κ2) is 3.26. The van der Waals surface area contributed by atoms with Crippen molar-refractivity contribution in [2.24, 2.45) is 0 Å². The van der Waals surface area contributed by atoms with Crippen LogP contribution >= 0.6 is 15.9 Å². The maximum Gasteiger partial charge on any atom is 0.263 e. The highest BCUT2D eigenvalue weighted by Crippen LogP contribution is 2.31. The van der Waals surface area contributed by atoms with Crippen molar-refractivity contribution < 1.29 is 8.78 Å². The van der Waals surface area contributed by atoms with Gasteiger partial charge in [0.15, 0.2) is 0 Å². The molecule has 66 valence electrons. The van der Waals surface area contributed by atoms with Crippen molar-refractivity contribution in [2.75, 3.05) is 11.5 Å². The predicted molar refractivity (Wildman–Crippen MR) is 47.9 cm³/mol. The van der Waals surface area contributed by atoms with Crippen LogP contribution in [0.4, 0.5) is 20.2 Å². The Bertz CT molecular complexity index is 278. The number of hydrogen-bond donors (Lipinski definition) is 2. The summed E-state index contributed by atoms with van der Waals surface area (Å²) in [6, 6.07) is 2.43. The summed E-state index contributed by atoms with van der Waals surface area (Å²) in [5.41, 5.74) is 11.1. The Morgan fingerprint density at radius 1 is 1.25 bits per heavy atom. The van der Waals surface area contributed by atoms with E-state index in [-0.39, 0.29) is 11.3 Å². The lowest BCUT2D eigenvalue weighted by Crippen LogP contribution is -1.97. The lowest BCUT2D eigenvalue weighted by molar-refractivity contribution is 0.151. The summed E-state index contributed by atoms with van der Waals surface area (Å²) in [6.07, 6.45) is -2.52. The summed E-state index contributed by atoms with van der Waals surface area (Å²) >= 11 is 3.03. The van der Waals surface area contributed by atoms with Gasteiger partial charge in [0.05, 0.1) is 11.4 Å². The number of rotatable bonds is 1. The van der Waals surface area contributed by atoms with E-state index in [4.69, 9.17) is 11.5 Å². The lowest BCUT2D eigenvalue weighted by Gasteiger charge is -2.06. The Morgan fingerprint density at radius 3 is 2.25 bits per heavy atom. The predicted octanol–water partition coefficient (Wildman–Crippen LogP) is 2.55. The van der Waals surface area contributed by atoms with E-state index in [0.29, 0.717) is 10.2 Å². The molecule has 0 saturated heterocycles. The topological polar surface area (TPSA) is 52.0 Å². The maximum atomic E-state index is 12.1. The lowest BCUT2D eigenvalue weighted by atomic mass is 10.2. The fraction of sp³-hybridized carbons (Fsp3) is 0.143. The summed E-state index contributed by atoms with van der Waals surface area (Å²) in [6.45, 7) is 0. The van der Waals surface area contributed by atoms with Crippen LogP contribution in [-0.4, -0.2) is 0 Å². The highest BCUT2D eigenvalue weighted by molar-refractivity contribution is 9.10. The summed E-state index contributed by atoms with van der Waals surface area (Å²) in [4.78, 5) is 0. The van der Waals surface area contributed by atoms with Gasteiger partial charge in [-0.15, -0.1) is 0 Å². The molecule has 12 heavy (non-hydrogen) atoms. The molecule has 1 rings (SSSR count). The van der Waals surface area contributed by atoms with E-state index in [9.17, 15) is 8.78 Å². The third-order valence-electron chi connectivity index (χ3n) is 1.44. The zero-order chi connectivity index (χ0) is 9.30. The molecule has 0 saturated carbocycles. The van der Waals surface area contributed by atoms with Crippen molar-refractivity contribution in [1.29, 1.82) is 0 Å². The zero-order valence-electron chi connectivity index (χ0n) is 6.02. The smallest absolute Gasteiger partial charge is 0.263 e. The Morgan fingerprint density at radius 2 is 1.83 bits per heavy atom. The molecule has 0 heterocycles. The van der Waals surface area contributed by atoms with Crippen molar-refractivity contribution in [3.8, 4) is 0 Å². The molecule has 0 aliphatic rings. The molecule has 2 nitrogen and oxygen atoms in total. The van der Waals surface area contributed by atoms with E-state index >= 15 is 0 Å². The monoisotopic (exact) mass is 236 g/mol. The quantitative estimate of drug-likeness (QED) is 0.737. The molecule has 0 aromatic heterocycles. The first kappa shape index (κ1) is 9.25. The molecule has 4 N–H and O–H groups in total.